The summed E-state index contributed by atoms with van der Waals surface area (Å²) in [5, 5.41) is 0. The van der Waals surface area contributed by atoms with Crippen LogP contribution in [0.2, 0.25) is 0 Å². The third-order valence-corrected chi connectivity index (χ3v) is 4.40. The second kappa shape index (κ2) is 6.31. The number of rotatable bonds is 3. The minimum atomic E-state index is -0.0471. The van der Waals surface area contributed by atoms with Crippen molar-refractivity contribution in [1.29, 1.82) is 0 Å². The van der Waals surface area contributed by atoms with E-state index in [1.54, 1.807) is 30.1 Å². The summed E-state index contributed by atoms with van der Waals surface area (Å²) in [6.45, 7) is 4.71. The molecule has 110 valence electrons. The van der Waals surface area contributed by atoms with E-state index in [9.17, 15) is 4.79 Å². The molecule has 0 saturated heterocycles. The second-order valence-corrected chi connectivity index (χ2v) is 6.09. The Balaban J connectivity index is 2.21. The molecule has 0 heterocycles. The van der Waals surface area contributed by atoms with Gasteiger partial charge in [-0.05, 0) is 53.0 Å². The summed E-state index contributed by atoms with van der Waals surface area (Å²) in [7, 11) is 1.80. The molecule has 2 rings (SSSR count). The van der Waals surface area contributed by atoms with Crippen LogP contribution in [0.5, 0.6) is 0 Å². The molecule has 2 N–H and O–H groups in total. The Labute approximate surface area is 133 Å². The first-order chi connectivity index (χ1) is 9.90. The largest absolute Gasteiger partial charge is 0.398 e. The smallest absolute Gasteiger partial charge is 0.255 e. The van der Waals surface area contributed by atoms with Gasteiger partial charge in [-0.2, -0.15) is 0 Å². The van der Waals surface area contributed by atoms with Crippen LogP contribution < -0.4 is 5.73 Å². The SMILES string of the molecule is Cc1ccc(CN(C)C(=O)c2cccc(N)c2Br)c(C)c1. The van der Waals surface area contributed by atoms with Crippen LogP contribution in [0.25, 0.3) is 0 Å². The van der Waals surface area contributed by atoms with E-state index < -0.39 is 0 Å². The highest BCUT2D eigenvalue weighted by Gasteiger charge is 2.16. The number of anilines is 1. The van der Waals surface area contributed by atoms with Gasteiger partial charge < -0.3 is 10.6 Å². The summed E-state index contributed by atoms with van der Waals surface area (Å²) in [6.07, 6.45) is 0. The van der Waals surface area contributed by atoms with Gasteiger partial charge in [0.15, 0.2) is 0 Å². The number of nitrogen functional groups attached to an aromatic ring is 1. The number of halogens is 1. The number of nitrogens with two attached hydrogens (primary N) is 1. The van der Waals surface area contributed by atoms with Gasteiger partial charge in [0.05, 0.1) is 10.0 Å². The van der Waals surface area contributed by atoms with Crippen LogP contribution in [0.15, 0.2) is 40.9 Å². The monoisotopic (exact) mass is 346 g/mol. The molecule has 0 spiro atoms. The zero-order valence-corrected chi connectivity index (χ0v) is 14.1. The van der Waals surface area contributed by atoms with Crippen molar-refractivity contribution in [2.75, 3.05) is 12.8 Å². The summed E-state index contributed by atoms with van der Waals surface area (Å²) in [5.41, 5.74) is 10.6. The number of aryl methyl sites for hydroxylation is 2. The number of hydrogen-bond acceptors (Lipinski definition) is 2. The highest BCUT2D eigenvalue weighted by atomic mass is 79.9. The topological polar surface area (TPSA) is 46.3 Å². The molecule has 0 aromatic heterocycles. The lowest BCUT2D eigenvalue weighted by Crippen LogP contribution is -2.27. The number of benzene rings is 2. The Morgan fingerprint density at radius 2 is 1.95 bits per heavy atom. The molecule has 0 aliphatic carbocycles. The fraction of sp³-hybridized carbons (Fsp3) is 0.235. The van der Waals surface area contributed by atoms with Crippen molar-refractivity contribution in [2.24, 2.45) is 0 Å². The summed E-state index contributed by atoms with van der Waals surface area (Å²) >= 11 is 3.39. The van der Waals surface area contributed by atoms with Crippen LogP contribution in [-0.2, 0) is 6.54 Å². The molecule has 2 aromatic carbocycles. The first-order valence-corrected chi connectivity index (χ1v) is 7.55. The lowest BCUT2D eigenvalue weighted by molar-refractivity contribution is 0.0784. The first-order valence-electron chi connectivity index (χ1n) is 6.75. The number of nitrogens with zero attached hydrogens (tertiary/aromatic N) is 1. The van der Waals surface area contributed by atoms with Gasteiger partial charge in [0.1, 0.15) is 0 Å². The molecule has 2 aromatic rings. The van der Waals surface area contributed by atoms with E-state index in [0.29, 0.717) is 22.3 Å². The van der Waals surface area contributed by atoms with Gasteiger partial charge in [0.2, 0.25) is 0 Å². The molecule has 1 amide bonds. The van der Waals surface area contributed by atoms with Crippen LogP contribution in [0.3, 0.4) is 0 Å². The van der Waals surface area contributed by atoms with E-state index >= 15 is 0 Å². The molecule has 0 unspecified atom stereocenters. The fourth-order valence-electron chi connectivity index (χ4n) is 2.27. The van der Waals surface area contributed by atoms with Gasteiger partial charge in [0.25, 0.3) is 5.91 Å². The van der Waals surface area contributed by atoms with Crippen molar-refractivity contribution in [3.05, 3.63) is 63.1 Å². The minimum absolute atomic E-state index is 0.0471. The van der Waals surface area contributed by atoms with Crippen molar-refractivity contribution in [1.82, 2.24) is 4.90 Å². The normalized spacial score (nSPS) is 10.5. The van der Waals surface area contributed by atoms with Crippen LogP contribution in [0.4, 0.5) is 5.69 Å². The number of hydrogen-bond donors (Lipinski definition) is 1. The molecule has 0 radical (unpaired) electrons. The predicted molar refractivity (Wildman–Crippen MR) is 90.3 cm³/mol. The van der Waals surface area contributed by atoms with E-state index in [2.05, 4.69) is 48.0 Å². The zero-order chi connectivity index (χ0) is 15.6. The number of carbonyl (C=O) groups is 1. The van der Waals surface area contributed by atoms with Crippen LogP contribution in [0.1, 0.15) is 27.0 Å². The van der Waals surface area contributed by atoms with Gasteiger partial charge in [-0.1, -0.05) is 29.8 Å². The van der Waals surface area contributed by atoms with Crippen LogP contribution in [0, 0.1) is 13.8 Å². The molecule has 0 bridgehead atoms. The molecule has 0 aliphatic heterocycles. The Morgan fingerprint density at radius 1 is 1.24 bits per heavy atom. The van der Waals surface area contributed by atoms with Gasteiger partial charge in [-0.15, -0.1) is 0 Å². The van der Waals surface area contributed by atoms with Gasteiger partial charge in [-0.25, -0.2) is 0 Å². The highest BCUT2D eigenvalue weighted by molar-refractivity contribution is 9.10. The van der Waals surface area contributed by atoms with Crippen molar-refractivity contribution in [3.8, 4) is 0 Å². The summed E-state index contributed by atoms with van der Waals surface area (Å²) in [6, 6.07) is 11.6. The quantitative estimate of drug-likeness (QED) is 0.856. The van der Waals surface area contributed by atoms with Crippen molar-refractivity contribution < 1.29 is 4.79 Å². The minimum Gasteiger partial charge on any atom is -0.398 e. The van der Waals surface area contributed by atoms with Crippen molar-refractivity contribution in [3.63, 3.8) is 0 Å². The molecule has 4 heteroatoms. The third kappa shape index (κ3) is 3.45. The maximum Gasteiger partial charge on any atom is 0.255 e. The Bertz CT molecular complexity index is 682. The Hall–Kier alpha value is -1.81. The number of amides is 1. The van der Waals surface area contributed by atoms with Crippen LogP contribution >= 0.6 is 15.9 Å². The van der Waals surface area contributed by atoms with Crippen LogP contribution in [-0.4, -0.2) is 17.9 Å². The maximum atomic E-state index is 12.5. The fourth-order valence-corrected chi connectivity index (χ4v) is 2.71. The van der Waals surface area contributed by atoms with Gasteiger partial charge in [0, 0.05) is 19.3 Å². The maximum absolute atomic E-state index is 12.5. The van der Waals surface area contributed by atoms with E-state index in [0.717, 1.165) is 5.56 Å². The Kier molecular flexibility index (Phi) is 4.68. The molecule has 0 saturated carbocycles. The summed E-state index contributed by atoms with van der Waals surface area (Å²) < 4.78 is 0.655. The molecular weight excluding hydrogens is 328 g/mol. The molecule has 0 aliphatic rings. The lowest BCUT2D eigenvalue weighted by atomic mass is 10.1. The zero-order valence-electron chi connectivity index (χ0n) is 12.5. The van der Waals surface area contributed by atoms with Crippen molar-refractivity contribution >= 4 is 27.5 Å². The molecular formula is C17H19BrN2O. The van der Waals surface area contributed by atoms with E-state index in [1.165, 1.54) is 11.1 Å². The van der Waals surface area contributed by atoms with Gasteiger partial charge in [-0.3, -0.25) is 4.79 Å². The lowest BCUT2D eigenvalue weighted by Gasteiger charge is -2.20. The highest BCUT2D eigenvalue weighted by Crippen LogP contribution is 2.25. The first kappa shape index (κ1) is 15.6. The number of carbonyl (C=O) groups excluding carboxylic acids is 1. The Morgan fingerprint density at radius 3 is 2.62 bits per heavy atom. The average molecular weight is 347 g/mol. The standard InChI is InChI=1S/C17H19BrN2O/c1-11-7-8-13(12(2)9-11)10-20(3)17(21)14-5-4-6-15(19)16(14)18/h4-9H,10,19H2,1-3H3. The van der Waals surface area contributed by atoms with Crippen molar-refractivity contribution in [2.45, 2.75) is 20.4 Å². The summed E-state index contributed by atoms with van der Waals surface area (Å²) in [4.78, 5) is 14.2. The molecule has 0 fully saturated rings. The van der Waals surface area contributed by atoms with Gasteiger partial charge >= 0.3 is 0 Å². The molecule has 21 heavy (non-hydrogen) atoms. The van der Waals surface area contributed by atoms with E-state index in [-0.39, 0.29) is 5.91 Å². The average Bonchev–Trinajstić information content (AvgIpc) is 2.44. The van der Waals surface area contributed by atoms with E-state index in [4.69, 9.17) is 5.73 Å². The predicted octanol–water partition coefficient (Wildman–Crippen LogP) is 3.92. The second-order valence-electron chi connectivity index (χ2n) is 5.30. The third-order valence-electron chi connectivity index (χ3n) is 3.51. The molecule has 0 atom stereocenters. The summed E-state index contributed by atoms with van der Waals surface area (Å²) in [5.74, 6) is -0.0471. The molecule has 3 nitrogen and oxygen atoms in total. The van der Waals surface area contributed by atoms with E-state index in [1.807, 2.05) is 0 Å².